The first-order valence-electron chi connectivity index (χ1n) is 9.05. The third-order valence-electron chi connectivity index (χ3n) is 5.12. The van der Waals surface area contributed by atoms with Crippen molar-refractivity contribution in [2.24, 2.45) is 7.05 Å². The number of rotatable bonds is 4. The van der Waals surface area contributed by atoms with Crippen molar-refractivity contribution >= 4 is 42.4 Å². The Balaban J connectivity index is 1.85. The summed E-state index contributed by atoms with van der Waals surface area (Å²) in [5, 5.41) is 4.02. The Hall–Kier alpha value is -2.03. The van der Waals surface area contributed by atoms with E-state index in [4.69, 9.17) is 4.74 Å². The van der Waals surface area contributed by atoms with Crippen LogP contribution in [0.2, 0.25) is 0 Å². The molecule has 2 aromatic carbocycles. The van der Waals surface area contributed by atoms with Crippen molar-refractivity contribution in [3.63, 3.8) is 0 Å². The molecule has 2 heterocycles. The molecule has 4 rings (SSSR count). The summed E-state index contributed by atoms with van der Waals surface area (Å²) in [5.74, 6) is 0.682. The number of anilines is 1. The summed E-state index contributed by atoms with van der Waals surface area (Å²) in [6.45, 7) is 3.33. The number of fused-ring (bicyclic) bond motifs is 1. The van der Waals surface area contributed by atoms with E-state index in [0.29, 0.717) is 16.0 Å². The maximum atomic E-state index is 13.5. The van der Waals surface area contributed by atoms with E-state index in [2.05, 4.69) is 26.1 Å². The summed E-state index contributed by atoms with van der Waals surface area (Å²) in [7, 11) is -0.222. The van der Waals surface area contributed by atoms with Gasteiger partial charge in [-0.25, -0.2) is 8.42 Å². The first kappa shape index (κ1) is 19.3. The van der Waals surface area contributed by atoms with Gasteiger partial charge in [-0.15, -0.1) is 0 Å². The number of benzene rings is 2. The molecule has 0 aliphatic carbocycles. The van der Waals surface area contributed by atoms with Gasteiger partial charge in [0.05, 0.1) is 22.6 Å². The first-order valence-corrected chi connectivity index (χ1v) is 11.3. The maximum Gasteiger partial charge on any atom is 0.208 e. The fourth-order valence-electron chi connectivity index (χ4n) is 3.66. The fourth-order valence-corrected chi connectivity index (χ4v) is 5.54. The molecular formula is C20H22BrN3O3S. The Bertz CT molecular complexity index is 1140. The van der Waals surface area contributed by atoms with Gasteiger partial charge in [0, 0.05) is 54.8 Å². The number of aromatic nitrogens is 1. The Labute approximate surface area is 173 Å². The van der Waals surface area contributed by atoms with Gasteiger partial charge in [-0.05, 0) is 36.4 Å². The van der Waals surface area contributed by atoms with Crippen LogP contribution < -0.4 is 15.0 Å². The Morgan fingerprint density at radius 2 is 1.86 bits per heavy atom. The van der Waals surface area contributed by atoms with Crippen LogP contribution in [0.4, 0.5) is 5.69 Å². The Morgan fingerprint density at radius 3 is 2.57 bits per heavy atom. The van der Waals surface area contributed by atoms with Gasteiger partial charge in [-0.2, -0.15) is 0 Å². The lowest BCUT2D eigenvalue weighted by Crippen LogP contribution is -2.43. The summed E-state index contributed by atoms with van der Waals surface area (Å²) in [6, 6.07) is 10.8. The number of nitrogens with one attached hydrogen (secondary N) is 1. The average Bonchev–Trinajstić information content (AvgIpc) is 3.04. The lowest BCUT2D eigenvalue weighted by Gasteiger charge is -2.30. The van der Waals surface area contributed by atoms with Crippen LogP contribution in [0.25, 0.3) is 10.9 Å². The number of halogens is 1. The highest BCUT2D eigenvalue weighted by molar-refractivity contribution is 9.10. The van der Waals surface area contributed by atoms with E-state index in [1.807, 2.05) is 29.8 Å². The molecule has 0 amide bonds. The number of methoxy groups -OCH3 is 1. The number of aryl methyl sites for hydroxylation is 1. The van der Waals surface area contributed by atoms with Crippen molar-refractivity contribution in [2.75, 3.05) is 38.2 Å². The largest absolute Gasteiger partial charge is 0.495 e. The SMILES string of the molecule is COc1ccc(S(=O)(=O)c2cn(C)c3ccc(Br)cc23)cc1N1CCNCC1. The van der Waals surface area contributed by atoms with Crippen LogP contribution >= 0.6 is 15.9 Å². The third-order valence-corrected chi connectivity index (χ3v) is 7.39. The summed E-state index contributed by atoms with van der Waals surface area (Å²) in [5.41, 5.74) is 1.68. The van der Waals surface area contributed by atoms with Crippen LogP contribution in [0.5, 0.6) is 5.75 Å². The van der Waals surface area contributed by atoms with E-state index in [1.165, 1.54) is 0 Å². The molecule has 0 bridgehead atoms. The fraction of sp³-hybridized carbons (Fsp3) is 0.300. The molecule has 1 aliphatic heterocycles. The van der Waals surface area contributed by atoms with Gasteiger partial charge in [-0.3, -0.25) is 0 Å². The van der Waals surface area contributed by atoms with Crippen molar-refractivity contribution in [1.29, 1.82) is 0 Å². The minimum Gasteiger partial charge on any atom is -0.495 e. The molecule has 148 valence electrons. The number of nitrogens with zero attached hydrogens (tertiary/aromatic N) is 2. The van der Waals surface area contributed by atoms with Gasteiger partial charge < -0.3 is 19.5 Å². The Morgan fingerprint density at radius 1 is 1.11 bits per heavy atom. The van der Waals surface area contributed by atoms with Gasteiger partial charge in [0.1, 0.15) is 5.75 Å². The van der Waals surface area contributed by atoms with E-state index in [1.54, 1.807) is 31.5 Å². The van der Waals surface area contributed by atoms with Gasteiger partial charge >= 0.3 is 0 Å². The highest BCUT2D eigenvalue weighted by Gasteiger charge is 2.25. The predicted octanol–water partition coefficient (Wildman–Crippen LogP) is 3.19. The zero-order valence-electron chi connectivity index (χ0n) is 15.8. The van der Waals surface area contributed by atoms with Crippen LogP contribution in [0.3, 0.4) is 0 Å². The molecule has 0 radical (unpaired) electrons. The molecule has 1 fully saturated rings. The molecular weight excluding hydrogens is 442 g/mol. The molecule has 6 nitrogen and oxygen atoms in total. The normalized spacial score (nSPS) is 15.2. The highest BCUT2D eigenvalue weighted by Crippen LogP contribution is 2.36. The quantitative estimate of drug-likeness (QED) is 0.643. The molecule has 8 heteroatoms. The molecule has 0 spiro atoms. The molecule has 1 aromatic heterocycles. The monoisotopic (exact) mass is 463 g/mol. The van der Waals surface area contributed by atoms with Crippen LogP contribution in [0.15, 0.2) is 56.9 Å². The summed E-state index contributed by atoms with van der Waals surface area (Å²) < 4.78 is 35.2. The van der Waals surface area contributed by atoms with Crippen molar-refractivity contribution in [2.45, 2.75) is 9.79 Å². The number of hydrogen-bond acceptors (Lipinski definition) is 5. The number of hydrogen-bond donors (Lipinski definition) is 1. The van der Waals surface area contributed by atoms with Crippen LogP contribution in [0.1, 0.15) is 0 Å². The molecule has 0 atom stereocenters. The van der Waals surface area contributed by atoms with Gasteiger partial charge in [-0.1, -0.05) is 15.9 Å². The van der Waals surface area contributed by atoms with Crippen molar-refractivity contribution in [3.8, 4) is 5.75 Å². The summed E-state index contributed by atoms with van der Waals surface area (Å²) in [4.78, 5) is 2.74. The molecule has 1 saturated heterocycles. The standard InChI is InChI=1S/C20H22BrN3O3S/c1-23-13-20(16-11-14(21)3-5-17(16)23)28(25,26)15-4-6-19(27-2)18(12-15)24-9-7-22-8-10-24/h3-6,11-13,22H,7-10H2,1-2H3. The Kier molecular flexibility index (Phi) is 5.11. The second-order valence-corrected chi connectivity index (χ2v) is 9.67. The van der Waals surface area contributed by atoms with Gasteiger partial charge in [0.25, 0.3) is 0 Å². The number of sulfone groups is 1. The molecule has 3 aromatic rings. The lowest BCUT2D eigenvalue weighted by atomic mass is 10.2. The molecule has 28 heavy (non-hydrogen) atoms. The first-order chi connectivity index (χ1) is 13.4. The zero-order chi connectivity index (χ0) is 19.9. The van der Waals surface area contributed by atoms with E-state index in [-0.39, 0.29) is 4.90 Å². The van der Waals surface area contributed by atoms with Crippen molar-refractivity contribution in [1.82, 2.24) is 9.88 Å². The van der Waals surface area contributed by atoms with Crippen LogP contribution in [-0.2, 0) is 16.9 Å². The predicted molar refractivity (Wildman–Crippen MR) is 114 cm³/mol. The van der Waals surface area contributed by atoms with E-state index >= 15 is 0 Å². The smallest absolute Gasteiger partial charge is 0.208 e. The zero-order valence-corrected chi connectivity index (χ0v) is 18.2. The average molecular weight is 464 g/mol. The highest BCUT2D eigenvalue weighted by atomic mass is 79.9. The van der Waals surface area contributed by atoms with Crippen LogP contribution in [0, 0.1) is 0 Å². The number of piperazine rings is 1. The molecule has 1 aliphatic rings. The molecule has 0 saturated carbocycles. The number of ether oxygens (including phenoxy) is 1. The van der Waals surface area contributed by atoms with Crippen molar-refractivity contribution in [3.05, 3.63) is 47.1 Å². The topological polar surface area (TPSA) is 63.6 Å². The van der Waals surface area contributed by atoms with Gasteiger partial charge in [0.15, 0.2) is 0 Å². The van der Waals surface area contributed by atoms with E-state index in [9.17, 15) is 8.42 Å². The summed E-state index contributed by atoms with van der Waals surface area (Å²) in [6.07, 6.45) is 1.68. The second-order valence-electron chi connectivity index (χ2n) is 6.84. The summed E-state index contributed by atoms with van der Waals surface area (Å²) >= 11 is 3.45. The van der Waals surface area contributed by atoms with E-state index in [0.717, 1.165) is 41.9 Å². The minimum atomic E-state index is -3.69. The van der Waals surface area contributed by atoms with Gasteiger partial charge in [0.2, 0.25) is 9.84 Å². The lowest BCUT2D eigenvalue weighted by molar-refractivity contribution is 0.412. The van der Waals surface area contributed by atoms with E-state index < -0.39 is 9.84 Å². The molecule has 1 N–H and O–H groups in total. The molecule has 0 unspecified atom stereocenters. The maximum absolute atomic E-state index is 13.5. The second kappa shape index (κ2) is 7.42. The minimum absolute atomic E-state index is 0.273. The third kappa shape index (κ3) is 3.29. The van der Waals surface area contributed by atoms with Crippen LogP contribution in [-0.4, -0.2) is 46.3 Å². The van der Waals surface area contributed by atoms with Crippen molar-refractivity contribution < 1.29 is 13.2 Å².